The number of carbonyl (C=O) groups is 2. The van der Waals surface area contributed by atoms with Crippen LogP contribution >= 0.6 is 0 Å². The molecule has 2 aromatic heterocycles. The maximum Gasteiger partial charge on any atom is 0.255 e. The summed E-state index contributed by atoms with van der Waals surface area (Å²) in [7, 11) is 0. The molecule has 3 aromatic carbocycles. The van der Waals surface area contributed by atoms with E-state index in [0.29, 0.717) is 22.5 Å². The maximum atomic E-state index is 12.7. The highest BCUT2D eigenvalue weighted by atomic mass is 16.2. The molecule has 0 radical (unpaired) electrons. The third kappa shape index (κ3) is 6.38. The van der Waals surface area contributed by atoms with Crippen molar-refractivity contribution in [3.05, 3.63) is 133 Å². The zero-order valence-electron chi connectivity index (χ0n) is 20.3. The van der Waals surface area contributed by atoms with Gasteiger partial charge in [-0.15, -0.1) is 0 Å². The smallest absolute Gasteiger partial charge is 0.255 e. The predicted molar refractivity (Wildman–Crippen MR) is 150 cm³/mol. The highest BCUT2D eigenvalue weighted by Crippen LogP contribution is 2.20. The fourth-order valence-electron chi connectivity index (χ4n) is 3.62. The van der Waals surface area contributed by atoms with Crippen molar-refractivity contribution in [3.63, 3.8) is 0 Å². The molecule has 4 N–H and O–H groups in total. The van der Waals surface area contributed by atoms with Crippen molar-refractivity contribution in [2.75, 3.05) is 21.3 Å². The van der Waals surface area contributed by atoms with Gasteiger partial charge in [0.05, 0.1) is 0 Å². The fourth-order valence-corrected chi connectivity index (χ4v) is 3.62. The van der Waals surface area contributed by atoms with Crippen molar-refractivity contribution in [2.24, 2.45) is 0 Å². The van der Waals surface area contributed by atoms with Crippen LogP contribution in [0.5, 0.6) is 0 Å². The quantitative estimate of drug-likeness (QED) is 0.195. The van der Waals surface area contributed by atoms with Gasteiger partial charge in [-0.1, -0.05) is 12.1 Å². The van der Waals surface area contributed by atoms with E-state index >= 15 is 0 Å². The monoisotopic (exact) mass is 500 g/mol. The number of nitrogens with one attached hydrogen (secondary N) is 4. The van der Waals surface area contributed by atoms with Crippen LogP contribution in [0, 0.1) is 0 Å². The summed E-state index contributed by atoms with van der Waals surface area (Å²) in [6.45, 7) is 0. The Kier molecular flexibility index (Phi) is 7.32. The normalized spacial score (nSPS) is 10.3. The third-order valence-electron chi connectivity index (χ3n) is 5.57. The molecule has 0 spiro atoms. The number of hydrogen-bond acceptors (Lipinski definition) is 6. The van der Waals surface area contributed by atoms with Crippen LogP contribution in [0.1, 0.15) is 20.7 Å². The van der Waals surface area contributed by atoms with Crippen LogP contribution in [-0.4, -0.2) is 21.8 Å². The van der Waals surface area contributed by atoms with E-state index in [9.17, 15) is 9.59 Å². The number of nitrogens with zero attached hydrogens (tertiary/aromatic N) is 2. The Morgan fingerprint density at radius 3 is 1.16 bits per heavy atom. The summed E-state index contributed by atoms with van der Waals surface area (Å²) in [5.41, 5.74) is 3.92. The summed E-state index contributed by atoms with van der Waals surface area (Å²) in [5.74, 6) is 0.947. The van der Waals surface area contributed by atoms with E-state index < -0.39 is 0 Å². The minimum Gasteiger partial charge on any atom is -0.340 e. The largest absolute Gasteiger partial charge is 0.340 e. The van der Waals surface area contributed by atoms with Crippen LogP contribution < -0.4 is 21.3 Å². The summed E-state index contributed by atoms with van der Waals surface area (Å²) < 4.78 is 0. The number of anilines is 6. The summed E-state index contributed by atoms with van der Waals surface area (Å²) in [6.07, 6.45) is 3.43. The van der Waals surface area contributed by atoms with Crippen LogP contribution in [0.4, 0.5) is 34.4 Å². The van der Waals surface area contributed by atoms with E-state index in [2.05, 4.69) is 31.2 Å². The topological polar surface area (TPSA) is 108 Å². The van der Waals surface area contributed by atoms with Crippen LogP contribution in [-0.2, 0) is 0 Å². The van der Waals surface area contributed by atoms with Gasteiger partial charge in [-0.2, -0.15) is 0 Å². The van der Waals surface area contributed by atoms with Crippen LogP contribution in [0.25, 0.3) is 0 Å². The summed E-state index contributed by atoms with van der Waals surface area (Å²) in [5, 5.41) is 12.1. The first-order valence-electron chi connectivity index (χ1n) is 11.9. The second kappa shape index (κ2) is 11.5. The minimum absolute atomic E-state index is 0.265. The van der Waals surface area contributed by atoms with E-state index in [0.717, 1.165) is 23.0 Å². The van der Waals surface area contributed by atoms with E-state index in [1.807, 2.05) is 84.9 Å². The predicted octanol–water partition coefficient (Wildman–Crippen LogP) is 6.47. The lowest BCUT2D eigenvalue weighted by Crippen LogP contribution is -2.14. The zero-order chi connectivity index (χ0) is 26.2. The molecule has 0 saturated heterocycles. The Hall–Kier alpha value is -5.50. The Morgan fingerprint density at radius 2 is 0.816 bits per heavy atom. The SMILES string of the molecule is O=C(Nc1ccc(Nc2ccccn2)cc1)c1ccc(C(=O)Nc2ccc(Nc3ccccn3)cc2)cc1. The molecule has 0 aliphatic rings. The molecule has 8 nitrogen and oxygen atoms in total. The lowest BCUT2D eigenvalue weighted by atomic mass is 10.1. The van der Waals surface area contributed by atoms with Gasteiger partial charge in [0.25, 0.3) is 11.8 Å². The first-order chi connectivity index (χ1) is 18.6. The van der Waals surface area contributed by atoms with Gasteiger partial charge < -0.3 is 21.3 Å². The second-order valence-corrected chi connectivity index (χ2v) is 8.32. The number of carbonyl (C=O) groups excluding carboxylic acids is 2. The van der Waals surface area contributed by atoms with Gasteiger partial charge >= 0.3 is 0 Å². The molecule has 0 fully saturated rings. The van der Waals surface area contributed by atoms with E-state index in [1.54, 1.807) is 36.7 Å². The number of rotatable bonds is 8. The van der Waals surface area contributed by atoms with Crippen molar-refractivity contribution >= 4 is 46.2 Å². The Labute approximate surface area is 219 Å². The molecule has 0 unspecified atom stereocenters. The molecule has 186 valence electrons. The number of pyridine rings is 2. The molecule has 0 bridgehead atoms. The minimum atomic E-state index is -0.265. The molecule has 5 aromatic rings. The Morgan fingerprint density at radius 1 is 0.447 bits per heavy atom. The van der Waals surface area contributed by atoms with Crippen molar-refractivity contribution in [2.45, 2.75) is 0 Å². The molecule has 2 amide bonds. The van der Waals surface area contributed by atoms with Crippen LogP contribution in [0.3, 0.4) is 0 Å². The van der Waals surface area contributed by atoms with E-state index in [-0.39, 0.29) is 11.8 Å². The van der Waals surface area contributed by atoms with Crippen molar-refractivity contribution in [1.29, 1.82) is 0 Å². The lowest BCUT2D eigenvalue weighted by molar-refractivity contribution is 0.101. The van der Waals surface area contributed by atoms with Gasteiger partial charge in [0.2, 0.25) is 0 Å². The molecule has 38 heavy (non-hydrogen) atoms. The molecular weight excluding hydrogens is 476 g/mol. The Bertz CT molecular complexity index is 1390. The van der Waals surface area contributed by atoms with Crippen molar-refractivity contribution in [3.8, 4) is 0 Å². The van der Waals surface area contributed by atoms with E-state index in [4.69, 9.17) is 0 Å². The second-order valence-electron chi connectivity index (χ2n) is 8.32. The third-order valence-corrected chi connectivity index (χ3v) is 5.57. The molecule has 5 rings (SSSR count). The van der Waals surface area contributed by atoms with Crippen molar-refractivity contribution < 1.29 is 9.59 Å². The van der Waals surface area contributed by atoms with Gasteiger partial charge in [-0.3, -0.25) is 9.59 Å². The molecule has 8 heteroatoms. The summed E-state index contributed by atoms with van der Waals surface area (Å²) in [4.78, 5) is 33.8. The zero-order valence-corrected chi connectivity index (χ0v) is 20.3. The first-order valence-corrected chi connectivity index (χ1v) is 11.9. The summed E-state index contributed by atoms with van der Waals surface area (Å²) in [6, 6.07) is 32.4. The van der Waals surface area contributed by atoms with Gasteiger partial charge in [0, 0.05) is 46.3 Å². The average Bonchev–Trinajstić information content (AvgIpc) is 2.96. The molecule has 0 saturated carbocycles. The summed E-state index contributed by atoms with van der Waals surface area (Å²) >= 11 is 0. The molecule has 0 aliphatic carbocycles. The van der Waals surface area contributed by atoms with E-state index in [1.165, 1.54) is 0 Å². The number of hydrogen-bond donors (Lipinski definition) is 4. The average molecular weight is 501 g/mol. The first kappa shape index (κ1) is 24.2. The Balaban J connectivity index is 1.14. The number of benzene rings is 3. The maximum absolute atomic E-state index is 12.7. The number of amides is 2. The van der Waals surface area contributed by atoms with Crippen LogP contribution in [0.15, 0.2) is 122 Å². The van der Waals surface area contributed by atoms with Crippen molar-refractivity contribution in [1.82, 2.24) is 9.97 Å². The van der Waals surface area contributed by atoms with Gasteiger partial charge in [0.15, 0.2) is 0 Å². The van der Waals surface area contributed by atoms with Gasteiger partial charge in [-0.05, 0) is 97.1 Å². The van der Waals surface area contributed by atoms with Gasteiger partial charge in [-0.25, -0.2) is 9.97 Å². The highest BCUT2D eigenvalue weighted by molar-refractivity contribution is 6.07. The molecule has 0 aliphatic heterocycles. The highest BCUT2D eigenvalue weighted by Gasteiger charge is 2.10. The lowest BCUT2D eigenvalue weighted by Gasteiger charge is -2.10. The molecular formula is C30H24N6O2. The van der Waals surface area contributed by atoms with Crippen LogP contribution in [0.2, 0.25) is 0 Å². The molecule has 0 atom stereocenters. The fraction of sp³-hybridized carbons (Fsp3) is 0. The number of aromatic nitrogens is 2. The van der Waals surface area contributed by atoms with Gasteiger partial charge in [0.1, 0.15) is 11.6 Å². The molecule has 2 heterocycles. The standard InChI is InChI=1S/C30H24N6O2/c37-29(35-25-15-11-23(12-16-25)33-27-5-1-3-19-31-27)21-7-9-22(10-8-21)30(38)36-26-17-13-24(14-18-26)34-28-6-2-4-20-32-28/h1-20H,(H,31,33)(H,32,34)(H,35,37)(H,36,38).